The van der Waals surface area contributed by atoms with Crippen LogP contribution in [0.15, 0.2) is 30.3 Å². The Bertz CT molecular complexity index is 646. The molecule has 3 nitrogen and oxygen atoms in total. The van der Waals surface area contributed by atoms with Gasteiger partial charge in [0.2, 0.25) is 0 Å². The number of para-hydroxylation sites is 1. The number of nitrogens with zero attached hydrogens (tertiary/aromatic N) is 3. The van der Waals surface area contributed by atoms with Crippen LogP contribution in [-0.4, -0.2) is 42.1 Å². The quantitative estimate of drug-likeness (QED) is 0.811. The van der Waals surface area contributed by atoms with E-state index in [0.29, 0.717) is 5.88 Å². The van der Waals surface area contributed by atoms with Crippen LogP contribution in [0.3, 0.4) is 0 Å². The molecule has 0 amide bonds. The fourth-order valence-corrected chi connectivity index (χ4v) is 3.46. The molecule has 1 saturated carbocycles. The molecule has 1 aromatic carbocycles. The summed E-state index contributed by atoms with van der Waals surface area (Å²) in [5, 5.41) is 1.17. The molecule has 2 fully saturated rings. The van der Waals surface area contributed by atoms with Gasteiger partial charge in [-0.2, -0.15) is 0 Å². The van der Waals surface area contributed by atoms with Crippen LogP contribution in [0.5, 0.6) is 0 Å². The van der Waals surface area contributed by atoms with Crippen LogP contribution in [0.2, 0.25) is 0 Å². The molecular formula is C17H20ClN3. The lowest BCUT2D eigenvalue weighted by molar-refractivity contribution is 0.247. The van der Waals surface area contributed by atoms with E-state index in [1.54, 1.807) is 0 Å². The number of anilines is 1. The molecule has 0 N–H and O–H groups in total. The van der Waals surface area contributed by atoms with Crippen LogP contribution >= 0.6 is 11.6 Å². The zero-order valence-corrected chi connectivity index (χ0v) is 12.9. The van der Waals surface area contributed by atoms with Gasteiger partial charge >= 0.3 is 0 Å². The van der Waals surface area contributed by atoms with Crippen molar-refractivity contribution >= 4 is 28.3 Å². The Labute approximate surface area is 130 Å². The molecule has 0 spiro atoms. The Kier molecular flexibility index (Phi) is 3.48. The number of benzene rings is 1. The maximum Gasteiger partial charge on any atom is 0.133 e. The van der Waals surface area contributed by atoms with Gasteiger partial charge < -0.3 is 4.90 Å². The Morgan fingerprint density at radius 1 is 1.10 bits per heavy atom. The van der Waals surface area contributed by atoms with Crippen molar-refractivity contribution in [2.45, 2.75) is 24.8 Å². The van der Waals surface area contributed by atoms with Crippen molar-refractivity contribution < 1.29 is 0 Å². The van der Waals surface area contributed by atoms with Gasteiger partial charge in [0.25, 0.3) is 0 Å². The fraction of sp³-hybridized carbons (Fsp3) is 0.471. The van der Waals surface area contributed by atoms with Crippen molar-refractivity contribution in [1.29, 1.82) is 0 Å². The van der Waals surface area contributed by atoms with Gasteiger partial charge in [0.15, 0.2) is 0 Å². The Morgan fingerprint density at radius 3 is 2.57 bits per heavy atom. The second-order valence-electron chi connectivity index (χ2n) is 6.05. The molecule has 0 atom stereocenters. The first-order chi connectivity index (χ1) is 10.3. The summed E-state index contributed by atoms with van der Waals surface area (Å²) in [5.41, 5.74) is 2.21. The predicted molar refractivity (Wildman–Crippen MR) is 88.1 cm³/mol. The van der Waals surface area contributed by atoms with Gasteiger partial charge in [0, 0.05) is 43.2 Å². The van der Waals surface area contributed by atoms with E-state index in [0.717, 1.165) is 49.1 Å². The van der Waals surface area contributed by atoms with Gasteiger partial charge in [0.1, 0.15) is 5.82 Å². The molecule has 4 heteroatoms. The SMILES string of the molecule is ClCc1cc2ccccc2nc1N1CCN(C2CC2)CC1. The Balaban J connectivity index is 1.62. The second-order valence-corrected chi connectivity index (χ2v) is 6.32. The van der Waals surface area contributed by atoms with Crippen LogP contribution in [0.1, 0.15) is 18.4 Å². The molecule has 110 valence electrons. The first-order valence-electron chi connectivity index (χ1n) is 7.79. The van der Waals surface area contributed by atoms with Crippen LogP contribution < -0.4 is 4.90 Å². The highest BCUT2D eigenvalue weighted by molar-refractivity contribution is 6.17. The summed E-state index contributed by atoms with van der Waals surface area (Å²) in [6.07, 6.45) is 2.78. The number of piperazine rings is 1. The summed E-state index contributed by atoms with van der Waals surface area (Å²) < 4.78 is 0. The van der Waals surface area contributed by atoms with Crippen molar-refractivity contribution in [1.82, 2.24) is 9.88 Å². The number of rotatable bonds is 3. The first-order valence-corrected chi connectivity index (χ1v) is 8.32. The summed E-state index contributed by atoms with van der Waals surface area (Å²) in [6.45, 7) is 4.43. The van der Waals surface area contributed by atoms with Crippen molar-refractivity contribution in [2.24, 2.45) is 0 Å². The molecule has 1 aromatic heterocycles. The van der Waals surface area contributed by atoms with Gasteiger partial charge in [-0.15, -0.1) is 11.6 Å². The zero-order valence-electron chi connectivity index (χ0n) is 12.1. The van der Waals surface area contributed by atoms with Gasteiger partial charge in [-0.1, -0.05) is 18.2 Å². The third kappa shape index (κ3) is 2.60. The van der Waals surface area contributed by atoms with E-state index >= 15 is 0 Å². The van der Waals surface area contributed by atoms with Crippen molar-refractivity contribution in [3.05, 3.63) is 35.9 Å². The van der Waals surface area contributed by atoms with E-state index in [4.69, 9.17) is 16.6 Å². The van der Waals surface area contributed by atoms with E-state index in [1.807, 2.05) is 6.07 Å². The van der Waals surface area contributed by atoms with Crippen LogP contribution in [0.25, 0.3) is 10.9 Å². The third-order valence-corrected chi connectivity index (χ3v) is 4.89. The summed E-state index contributed by atoms with van der Waals surface area (Å²) in [5.74, 6) is 1.61. The molecule has 0 bridgehead atoms. The molecule has 1 saturated heterocycles. The molecule has 2 aliphatic rings. The summed E-state index contributed by atoms with van der Waals surface area (Å²) in [4.78, 5) is 9.91. The second kappa shape index (κ2) is 5.47. The van der Waals surface area contributed by atoms with Crippen LogP contribution in [0.4, 0.5) is 5.82 Å². The van der Waals surface area contributed by atoms with E-state index < -0.39 is 0 Å². The van der Waals surface area contributed by atoms with Crippen molar-refractivity contribution in [3.63, 3.8) is 0 Å². The highest BCUT2D eigenvalue weighted by atomic mass is 35.5. The average Bonchev–Trinajstić information content (AvgIpc) is 3.39. The van der Waals surface area contributed by atoms with Crippen molar-refractivity contribution in [3.8, 4) is 0 Å². The monoisotopic (exact) mass is 301 g/mol. The maximum atomic E-state index is 6.16. The van der Waals surface area contributed by atoms with Gasteiger partial charge in [-0.25, -0.2) is 4.98 Å². The minimum atomic E-state index is 0.524. The molecule has 21 heavy (non-hydrogen) atoms. The third-order valence-electron chi connectivity index (χ3n) is 4.60. The summed E-state index contributed by atoms with van der Waals surface area (Å²) in [7, 11) is 0. The van der Waals surface area contributed by atoms with Crippen LogP contribution in [-0.2, 0) is 5.88 Å². The number of halogens is 1. The van der Waals surface area contributed by atoms with Crippen molar-refractivity contribution in [2.75, 3.05) is 31.1 Å². The van der Waals surface area contributed by atoms with E-state index in [-0.39, 0.29) is 0 Å². The lowest BCUT2D eigenvalue weighted by atomic mass is 10.1. The molecular weight excluding hydrogens is 282 g/mol. The van der Waals surface area contributed by atoms with Gasteiger partial charge in [-0.3, -0.25) is 4.90 Å². The highest BCUT2D eigenvalue weighted by Gasteiger charge is 2.31. The molecule has 1 aliphatic heterocycles. The smallest absolute Gasteiger partial charge is 0.133 e. The molecule has 4 rings (SSSR count). The number of alkyl halides is 1. The van der Waals surface area contributed by atoms with Gasteiger partial charge in [0.05, 0.1) is 11.4 Å². The lowest BCUT2D eigenvalue weighted by Crippen LogP contribution is -2.47. The minimum absolute atomic E-state index is 0.524. The number of aromatic nitrogens is 1. The summed E-state index contributed by atoms with van der Waals surface area (Å²) >= 11 is 6.16. The number of pyridine rings is 1. The van der Waals surface area contributed by atoms with E-state index in [9.17, 15) is 0 Å². The highest BCUT2D eigenvalue weighted by Crippen LogP contribution is 2.30. The minimum Gasteiger partial charge on any atom is -0.354 e. The fourth-order valence-electron chi connectivity index (χ4n) is 3.26. The zero-order chi connectivity index (χ0) is 14.2. The average molecular weight is 302 g/mol. The lowest BCUT2D eigenvalue weighted by Gasteiger charge is -2.36. The molecule has 0 radical (unpaired) electrons. The standard InChI is InChI=1S/C17H20ClN3/c18-12-14-11-13-3-1-2-4-16(13)19-17(14)21-9-7-20(8-10-21)15-5-6-15/h1-4,11,15H,5-10,12H2. The Morgan fingerprint density at radius 2 is 1.86 bits per heavy atom. The normalized spacial score (nSPS) is 20.1. The van der Waals surface area contributed by atoms with E-state index in [2.05, 4.69) is 34.1 Å². The molecule has 2 heterocycles. The first kappa shape index (κ1) is 13.4. The molecule has 0 unspecified atom stereocenters. The number of hydrogen-bond donors (Lipinski definition) is 0. The molecule has 2 aromatic rings. The summed E-state index contributed by atoms with van der Waals surface area (Å²) in [6, 6.07) is 11.3. The van der Waals surface area contributed by atoms with Gasteiger partial charge in [-0.05, 0) is 25.0 Å². The van der Waals surface area contributed by atoms with E-state index in [1.165, 1.54) is 18.2 Å². The Hall–Kier alpha value is -1.32. The maximum absolute atomic E-state index is 6.16. The van der Waals surface area contributed by atoms with Crippen LogP contribution in [0, 0.1) is 0 Å². The predicted octanol–water partition coefficient (Wildman–Crippen LogP) is 3.26. The largest absolute Gasteiger partial charge is 0.354 e. The topological polar surface area (TPSA) is 19.4 Å². The molecule has 1 aliphatic carbocycles. The number of fused-ring (bicyclic) bond motifs is 1. The number of hydrogen-bond acceptors (Lipinski definition) is 3.